The summed E-state index contributed by atoms with van der Waals surface area (Å²) in [5, 5.41) is 28.3. The second-order valence-corrected chi connectivity index (χ2v) is 4.60. The van der Waals surface area contributed by atoms with Crippen LogP contribution in [0.3, 0.4) is 0 Å². The predicted octanol–water partition coefficient (Wildman–Crippen LogP) is 1.04. The summed E-state index contributed by atoms with van der Waals surface area (Å²) in [5.74, 6) is 0.614. The van der Waals surface area contributed by atoms with Gasteiger partial charge in [0.1, 0.15) is 5.75 Å². The van der Waals surface area contributed by atoms with Crippen molar-refractivity contribution in [3.05, 3.63) is 34.4 Å². The Balaban J connectivity index is 2.19. The van der Waals surface area contributed by atoms with E-state index in [2.05, 4.69) is 0 Å². The van der Waals surface area contributed by atoms with Crippen molar-refractivity contribution in [1.29, 1.82) is 0 Å². The van der Waals surface area contributed by atoms with Crippen LogP contribution in [0.2, 0.25) is 0 Å². The number of aliphatic hydroxyl groups is 2. The fourth-order valence-corrected chi connectivity index (χ4v) is 1.91. The van der Waals surface area contributed by atoms with Gasteiger partial charge in [0.2, 0.25) is 0 Å². The third-order valence-corrected chi connectivity index (χ3v) is 3.02. The Kier molecular flexibility index (Phi) is 8.34. The molecule has 2 N–H and O–H groups in total. The SMILES string of the molecule is O=[N+]([O-])c1ccc(OCCCCN(CCO)CCO)cc1. The first-order valence-electron chi connectivity index (χ1n) is 6.98. The minimum Gasteiger partial charge on any atom is -0.494 e. The van der Waals surface area contributed by atoms with Crippen molar-refractivity contribution in [3.63, 3.8) is 0 Å². The number of non-ortho nitro benzene ring substituents is 1. The molecule has 0 saturated heterocycles. The molecule has 0 aliphatic carbocycles. The lowest BCUT2D eigenvalue weighted by Crippen LogP contribution is -2.31. The zero-order valence-corrected chi connectivity index (χ0v) is 12.0. The van der Waals surface area contributed by atoms with E-state index in [0.717, 1.165) is 19.4 Å². The van der Waals surface area contributed by atoms with E-state index in [0.29, 0.717) is 25.4 Å². The average Bonchev–Trinajstić information content (AvgIpc) is 2.47. The Morgan fingerprint density at radius 1 is 1.05 bits per heavy atom. The minimum atomic E-state index is -0.444. The number of aliphatic hydroxyl groups excluding tert-OH is 2. The predicted molar refractivity (Wildman–Crippen MR) is 78.4 cm³/mol. The lowest BCUT2D eigenvalue weighted by atomic mass is 10.3. The van der Waals surface area contributed by atoms with Crippen LogP contribution in [-0.4, -0.2) is 59.5 Å². The van der Waals surface area contributed by atoms with Crippen LogP contribution >= 0.6 is 0 Å². The molecule has 7 heteroatoms. The molecule has 21 heavy (non-hydrogen) atoms. The molecule has 0 bridgehead atoms. The Hall–Kier alpha value is -1.70. The maximum Gasteiger partial charge on any atom is 0.269 e. The lowest BCUT2D eigenvalue weighted by molar-refractivity contribution is -0.384. The topological polar surface area (TPSA) is 96.1 Å². The first-order valence-corrected chi connectivity index (χ1v) is 6.98. The summed E-state index contributed by atoms with van der Waals surface area (Å²) in [6, 6.07) is 6.00. The highest BCUT2D eigenvalue weighted by atomic mass is 16.6. The van der Waals surface area contributed by atoms with Crippen LogP contribution in [0.4, 0.5) is 5.69 Å². The van der Waals surface area contributed by atoms with Crippen molar-refractivity contribution in [2.45, 2.75) is 12.8 Å². The van der Waals surface area contributed by atoms with Crippen molar-refractivity contribution in [2.75, 3.05) is 39.5 Å². The van der Waals surface area contributed by atoms with Gasteiger partial charge in [0, 0.05) is 25.2 Å². The number of unbranched alkanes of at least 4 members (excludes halogenated alkanes) is 1. The second kappa shape index (κ2) is 10.1. The van der Waals surface area contributed by atoms with Crippen molar-refractivity contribution in [1.82, 2.24) is 4.90 Å². The van der Waals surface area contributed by atoms with Crippen LogP contribution in [-0.2, 0) is 0 Å². The molecule has 0 heterocycles. The largest absolute Gasteiger partial charge is 0.494 e. The number of nitro groups is 1. The molecule has 7 nitrogen and oxygen atoms in total. The maximum atomic E-state index is 10.5. The smallest absolute Gasteiger partial charge is 0.269 e. The number of nitro benzene ring substituents is 1. The van der Waals surface area contributed by atoms with Gasteiger partial charge in [0.15, 0.2) is 0 Å². The number of hydrogen-bond acceptors (Lipinski definition) is 6. The molecule has 0 spiro atoms. The zero-order chi connectivity index (χ0) is 15.5. The summed E-state index contributed by atoms with van der Waals surface area (Å²) < 4.78 is 5.50. The van der Waals surface area contributed by atoms with E-state index in [9.17, 15) is 10.1 Å². The maximum absolute atomic E-state index is 10.5. The third kappa shape index (κ3) is 7.03. The monoisotopic (exact) mass is 298 g/mol. The molecule has 0 fully saturated rings. The Morgan fingerprint density at radius 3 is 2.19 bits per heavy atom. The fourth-order valence-electron chi connectivity index (χ4n) is 1.91. The van der Waals surface area contributed by atoms with Gasteiger partial charge in [-0.2, -0.15) is 0 Å². The van der Waals surface area contributed by atoms with Gasteiger partial charge in [-0.15, -0.1) is 0 Å². The molecule has 0 radical (unpaired) electrons. The first kappa shape index (κ1) is 17.4. The average molecular weight is 298 g/mol. The third-order valence-electron chi connectivity index (χ3n) is 3.02. The number of ether oxygens (including phenoxy) is 1. The summed E-state index contributed by atoms with van der Waals surface area (Å²) >= 11 is 0. The normalized spacial score (nSPS) is 10.8. The van der Waals surface area contributed by atoms with Gasteiger partial charge < -0.3 is 14.9 Å². The van der Waals surface area contributed by atoms with Crippen molar-refractivity contribution >= 4 is 5.69 Å². The summed E-state index contributed by atoms with van der Waals surface area (Å²) in [6.07, 6.45) is 1.73. The number of benzene rings is 1. The molecule has 0 unspecified atom stereocenters. The molecular weight excluding hydrogens is 276 g/mol. The van der Waals surface area contributed by atoms with E-state index in [1.54, 1.807) is 12.1 Å². The van der Waals surface area contributed by atoms with E-state index >= 15 is 0 Å². The first-order chi connectivity index (χ1) is 10.2. The molecule has 1 aromatic rings. The molecule has 0 aliphatic rings. The molecule has 0 aliphatic heterocycles. The van der Waals surface area contributed by atoms with Crippen molar-refractivity contribution in [2.24, 2.45) is 0 Å². The van der Waals surface area contributed by atoms with Crippen LogP contribution in [0.5, 0.6) is 5.75 Å². The number of rotatable bonds is 11. The molecule has 118 valence electrons. The second-order valence-electron chi connectivity index (χ2n) is 4.60. The van der Waals surface area contributed by atoms with Crippen LogP contribution in [0.15, 0.2) is 24.3 Å². The number of hydrogen-bond donors (Lipinski definition) is 2. The Morgan fingerprint density at radius 2 is 1.67 bits per heavy atom. The van der Waals surface area contributed by atoms with Crippen molar-refractivity contribution < 1.29 is 19.9 Å². The lowest BCUT2D eigenvalue weighted by Gasteiger charge is -2.19. The Labute approximate surface area is 123 Å². The molecule has 0 atom stereocenters. The Bertz CT molecular complexity index is 404. The summed E-state index contributed by atoms with van der Waals surface area (Å²) in [6.45, 7) is 2.61. The van der Waals surface area contributed by atoms with Crippen LogP contribution in [0.25, 0.3) is 0 Å². The summed E-state index contributed by atoms with van der Waals surface area (Å²) in [4.78, 5) is 12.1. The van der Waals surface area contributed by atoms with E-state index < -0.39 is 4.92 Å². The molecule has 1 rings (SSSR count). The molecule has 0 amide bonds. The highest BCUT2D eigenvalue weighted by Gasteiger charge is 2.05. The standard InChI is InChI=1S/C14H22N2O5/c17-10-8-15(9-11-18)7-1-2-12-21-14-5-3-13(4-6-14)16(19)20/h3-6,17-18H,1-2,7-12H2. The minimum absolute atomic E-state index is 0.0472. The molecular formula is C14H22N2O5. The fraction of sp³-hybridized carbons (Fsp3) is 0.571. The van der Waals surface area contributed by atoms with Crippen LogP contribution in [0.1, 0.15) is 12.8 Å². The van der Waals surface area contributed by atoms with E-state index in [1.807, 2.05) is 4.90 Å². The zero-order valence-electron chi connectivity index (χ0n) is 12.0. The van der Waals surface area contributed by atoms with Crippen LogP contribution < -0.4 is 4.74 Å². The quantitative estimate of drug-likeness (QED) is 0.360. The van der Waals surface area contributed by atoms with Crippen LogP contribution in [0, 0.1) is 10.1 Å². The van der Waals surface area contributed by atoms with Gasteiger partial charge in [-0.05, 0) is 31.5 Å². The van der Waals surface area contributed by atoms with Gasteiger partial charge in [-0.25, -0.2) is 0 Å². The number of nitrogens with zero attached hydrogens (tertiary/aromatic N) is 2. The van der Waals surface area contributed by atoms with E-state index in [-0.39, 0.29) is 18.9 Å². The highest BCUT2D eigenvalue weighted by molar-refractivity contribution is 5.35. The van der Waals surface area contributed by atoms with Gasteiger partial charge >= 0.3 is 0 Å². The van der Waals surface area contributed by atoms with Gasteiger partial charge in [0.25, 0.3) is 5.69 Å². The van der Waals surface area contributed by atoms with Crippen molar-refractivity contribution in [3.8, 4) is 5.75 Å². The van der Waals surface area contributed by atoms with Gasteiger partial charge in [-0.1, -0.05) is 0 Å². The van der Waals surface area contributed by atoms with E-state index in [1.165, 1.54) is 12.1 Å². The molecule has 1 aromatic carbocycles. The van der Waals surface area contributed by atoms with E-state index in [4.69, 9.17) is 14.9 Å². The van der Waals surface area contributed by atoms with Gasteiger partial charge in [0.05, 0.1) is 24.7 Å². The molecule has 0 saturated carbocycles. The summed E-state index contributed by atoms with van der Waals surface area (Å²) in [5.41, 5.74) is 0.0472. The highest BCUT2D eigenvalue weighted by Crippen LogP contribution is 2.17. The molecule has 0 aromatic heterocycles. The summed E-state index contributed by atoms with van der Waals surface area (Å²) in [7, 11) is 0. The van der Waals surface area contributed by atoms with Gasteiger partial charge in [-0.3, -0.25) is 15.0 Å².